The van der Waals surface area contributed by atoms with Gasteiger partial charge in [-0.3, -0.25) is 14.5 Å². The van der Waals surface area contributed by atoms with Gasteiger partial charge in [0.1, 0.15) is 0 Å². The highest BCUT2D eigenvalue weighted by molar-refractivity contribution is 7.13. The maximum atomic E-state index is 13.0. The Labute approximate surface area is 157 Å². The molecule has 1 N–H and O–H groups in total. The first-order valence-corrected chi connectivity index (χ1v) is 9.92. The van der Waals surface area contributed by atoms with Crippen molar-refractivity contribution in [1.82, 2.24) is 10.3 Å². The monoisotopic (exact) mass is 369 g/mol. The zero-order valence-corrected chi connectivity index (χ0v) is 15.9. The number of benzene rings is 1. The molecule has 6 heteroatoms. The Morgan fingerprint density at radius 2 is 2.15 bits per heavy atom. The van der Waals surface area contributed by atoms with Crippen molar-refractivity contribution in [2.24, 2.45) is 11.3 Å². The zero-order chi connectivity index (χ0) is 18.3. The van der Waals surface area contributed by atoms with Gasteiger partial charge in [0, 0.05) is 24.5 Å². The van der Waals surface area contributed by atoms with Gasteiger partial charge in [0.25, 0.3) is 0 Å². The lowest BCUT2D eigenvalue weighted by atomic mass is 9.70. The number of carbonyl (C=O) groups excluding carboxylic acids is 2. The molecule has 136 valence electrons. The van der Waals surface area contributed by atoms with E-state index in [4.69, 9.17) is 0 Å². The van der Waals surface area contributed by atoms with E-state index in [0.717, 1.165) is 12.8 Å². The topological polar surface area (TPSA) is 62.3 Å². The second-order valence-electron chi connectivity index (χ2n) is 7.85. The molecule has 1 aromatic carbocycles. The maximum Gasteiger partial charge on any atom is 0.229 e. The first-order valence-electron chi connectivity index (χ1n) is 9.04. The van der Waals surface area contributed by atoms with Crippen LogP contribution in [0.5, 0.6) is 0 Å². The van der Waals surface area contributed by atoms with Crippen LogP contribution in [0.1, 0.15) is 43.9 Å². The Kier molecular flexibility index (Phi) is 4.31. The lowest BCUT2D eigenvalue weighted by Crippen LogP contribution is -2.43. The highest BCUT2D eigenvalue weighted by atomic mass is 32.1. The number of carbonyl (C=O) groups is 2. The minimum absolute atomic E-state index is 0.0123. The molecule has 1 aliphatic heterocycles. The van der Waals surface area contributed by atoms with Gasteiger partial charge in [0.2, 0.25) is 11.8 Å². The molecule has 0 saturated carbocycles. The molecule has 0 spiro atoms. The van der Waals surface area contributed by atoms with Crippen LogP contribution in [0.15, 0.2) is 35.8 Å². The lowest BCUT2D eigenvalue weighted by molar-refractivity contribution is -0.127. The number of fused-ring (bicyclic) bond motifs is 1. The molecule has 5 nitrogen and oxygen atoms in total. The Bertz CT molecular complexity index is 831. The number of anilines is 1. The van der Waals surface area contributed by atoms with E-state index in [2.05, 4.69) is 42.3 Å². The van der Waals surface area contributed by atoms with E-state index in [-0.39, 0.29) is 35.6 Å². The fourth-order valence-corrected chi connectivity index (χ4v) is 4.68. The number of nitrogens with one attached hydrogen (secondary N) is 1. The molecule has 2 atom stereocenters. The predicted octanol–water partition coefficient (Wildman–Crippen LogP) is 3.33. The van der Waals surface area contributed by atoms with Crippen molar-refractivity contribution >= 4 is 28.3 Å². The third-order valence-electron chi connectivity index (χ3n) is 5.62. The van der Waals surface area contributed by atoms with Crippen molar-refractivity contribution in [3.8, 4) is 0 Å². The molecular weight excluding hydrogens is 346 g/mol. The van der Waals surface area contributed by atoms with Crippen molar-refractivity contribution in [1.29, 1.82) is 0 Å². The van der Waals surface area contributed by atoms with Crippen molar-refractivity contribution in [3.63, 3.8) is 0 Å². The summed E-state index contributed by atoms with van der Waals surface area (Å²) in [5.74, 6) is -0.383. The summed E-state index contributed by atoms with van der Waals surface area (Å²) >= 11 is 1.43. The molecule has 1 aromatic heterocycles. The Hall–Kier alpha value is -2.21. The first kappa shape index (κ1) is 17.2. The van der Waals surface area contributed by atoms with Crippen molar-refractivity contribution in [2.45, 2.75) is 39.2 Å². The van der Waals surface area contributed by atoms with Crippen LogP contribution >= 0.6 is 11.3 Å². The minimum atomic E-state index is -0.323. The molecule has 2 aliphatic rings. The van der Waals surface area contributed by atoms with Crippen LogP contribution in [0.2, 0.25) is 0 Å². The third kappa shape index (κ3) is 3.03. The number of rotatable bonds is 3. The van der Waals surface area contributed by atoms with Gasteiger partial charge in [0.15, 0.2) is 5.13 Å². The molecular formula is C20H23N3O2S. The van der Waals surface area contributed by atoms with Gasteiger partial charge >= 0.3 is 0 Å². The molecule has 2 amide bonds. The Morgan fingerprint density at radius 1 is 1.35 bits per heavy atom. The minimum Gasteiger partial charge on any atom is -0.348 e. The summed E-state index contributed by atoms with van der Waals surface area (Å²) < 4.78 is 0. The number of amides is 2. The standard InChI is InChI=1S/C20H23N3O2S/c1-20(2)8-7-13-5-3-4-6-15(13)17(20)22-18(25)14-11-16(24)23(12-14)19-21-9-10-26-19/h3-6,9-10,14,17H,7-8,11-12H2,1-2H3,(H,22,25)/t14-,17-/m1/s1. The third-order valence-corrected chi connectivity index (χ3v) is 6.41. The summed E-state index contributed by atoms with van der Waals surface area (Å²) in [5, 5.41) is 5.78. The molecule has 0 bridgehead atoms. The average molecular weight is 369 g/mol. The predicted molar refractivity (Wildman–Crippen MR) is 102 cm³/mol. The highest BCUT2D eigenvalue weighted by Gasteiger charge is 2.41. The zero-order valence-electron chi connectivity index (χ0n) is 15.1. The van der Waals surface area contributed by atoms with Crippen LogP contribution in [-0.4, -0.2) is 23.3 Å². The van der Waals surface area contributed by atoms with E-state index >= 15 is 0 Å². The highest BCUT2D eigenvalue weighted by Crippen LogP contribution is 2.43. The second-order valence-corrected chi connectivity index (χ2v) is 8.72. The van der Waals surface area contributed by atoms with Gasteiger partial charge in [-0.15, -0.1) is 11.3 Å². The van der Waals surface area contributed by atoms with Crippen molar-refractivity contribution in [2.75, 3.05) is 11.4 Å². The number of aryl methyl sites for hydroxylation is 1. The lowest BCUT2D eigenvalue weighted by Gasteiger charge is -2.41. The Balaban J connectivity index is 1.52. The van der Waals surface area contributed by atoms with Gasteiger partial charge in [-0.2, -0.15) is 0 Å². The molecule has 2 heterocycles. The molecule has 4 rings (SSSR count). The molecule has 1 saturated heterocycles. The van der Waals surface area contributed by atoms with E-state index < -0.39 is 0 Å². The van der Waals surface area contributed by atoms with E-state index in [1.54, 1.807) is 11.1 Å². The average Bonchev–Trinajstić information content (AvgIpc) is 3.26. The quantitative estimate of drug-likeness (QED) is 0.903. The summed E-state index contributed by atoms with van der Waals surface area (Å²) in [6, 6.07) is 8.32. The normalized spacial score (nSPS) is 24.4. The fourth-order valence-electron chi connectivity index (χ4n) is 4.02. The van der Waals surface area contributed by atoms with E-state index in [1.165, 1.54) is 22.5 Å². The van der Waals surface area contributed by atoms with Gasteiger partial charge in [-0.05, 0) is 29.4 Å². The van der Waals surface area contributed by atoms with Crippen LogP contribution in [-0.2, 0) is 16.0 Å². The van der Waals surface area contributed by atoms with Gasteiger partial charge in [-0.1, -0.05) is 38.1 Å². The first-order chi connectivity index (χ1) is 12.5. The number of nitrogens with zero attached hydrogens (tertiary/aromatic N) is 2. The van der Waals surface area contributed by atoms with Crippen LogP contribution in [0.4, 0.5) is 5.13 Å². The number of thiazole rings is 1. The smallest absolute Gasteiger partial charge is 0.229 e. The summed E-state index contributed by atoms with van der Waals surface area (Å²) in [5.41, 5.74) is 2.50. The number of hydrogen-bond donors (Lipinski definition) is 1. The van der Waals surface area contributed by atoms with Crippen LogP contribution in [0, 0.1) is 11.3 Å². The molecule has 1 aliphatic carbocycles. The summed E-state index contributed by atoms with van der Waals surface area (Å²) in [6.45, 7) is 4.82. The largest absolute Gasteiger partial charge is 0.348 e. The molecule has 1 fully saturated rings. The van der Waals surface area contributed by atoms with E-state index in [0.29, 0.717) is 11.7 Å². The summed E-state index contributed by atoms with van der Waals surface area (Å²) in [7, 11) is 0. The van der Waals surface area contributed by atoms with Gasteiger partial charge in [-0.25, -0.2) is 4.98 Å². The molecule has 0 radical (unpaired) electrons. The molecule has 26 heavy (non-hydrogen) atoms. The van der Waals surface area contributed by atoms with E-state index in [1.807, 2.05) is 11.4 Å². The second kappa shape index (κ2) is 6.50. The summed E-state index contributed by atoms with van der Waals surface area (Å²) in [6.07, 6.45) is 4.00. The van der Waals surface area contributed by atoms with Gasteiger partial charge < -0.3 is 5.32 Å². The maximum absolute atomic E-state index is 13.0. The number of hydrogen-bond acceptors (Lipinski definition) is 4. The van der Waals surface area contributed by atoms with Gasteiger partial charge in [0.05, 0.1) is 12.0 Å². The number of aromatic nitrogens is 1. The van der Waals surface area contributed by atoms with Crippen molar-refractivity contribution < 1.29 is 9.59 Å². The van der Waals surface area contributed by atoms with Crippen LogP contribution in [0.25, 0.3) is 0 Å². The van der Waals surface area contributed by atoms with Crippen molar-refractivity contribution in [3.05, 3.63) is 47.0 Å². The van der Waals surface area contributed by atoms with E-state index in [9.17, 15) is 9.59 Å². The summed E-state index contributed by atoms with van der Waals surface area (Å²) in [4.78, 5) is 31.1. The molecule has 0 unspecified atom stereocenters. The Morgan fingerprint density at radius 3 is 2.92 bits per heavy atom. The molecule has 2 aromatic rings. The van der Waals surface area contributed by atoms with Crippen LogP contribution in [0.3, 0.4) is 0 Å². The fraction of sp³-hybridized carbons (Fsp3) is 0.450. The SMILES string of the molecule is CC1(C)CCc2ccccc2[C@H]1NC(=O)[C@@H]1CC(=O)N(c2nccs2)C1. The van der Waals surface area contributed by atoms with Crippen LogP contribution < -0.4 is 10.2 Å².